The Hall–Kier alpha value is -3.18. The quantitative estimate of drug-likeness (QED) is 0.509. The Labute approximate surface area is 174 Å². The van der Waals surface area contributed by atoms with Crippen molar-refractivity contribution >= 4 is 23.3 Å². The van der Waals surface area contributed by atoms with E-state index in [9.17, 15) is 9.90 Å². The minimum atomic E-state index is -0.935. The molecule has 0 saturated heterocycles. The van der Waals surface area contributed by atoms with E-state index in [4.69, 9.17) is 21.1 Å². The summed E-state index contributed by atoms with van der Waals surface area (Å²) in [6.45, 7) is 2.73. The van der Waals surface area contributed by atoms with Crippen LogP contribution >= 0.6 is 11.6 Å². The second-order valence-corrected chi connectivity index (χ2v) is 6.97. The van der Waals surface area contributed by atoms with E-state index in [2.05, 4.69) is 5.32 Å². The molecule has 0 aliphatic rings. The van der Waals surface area contributed by atoms with Crippen LogP contribution in [0.15, 0.2) is 60.7 Å². The molecule has 0 unspecified atom stereocenters. The van der Waals surface area contributed by atoms with E-state index in [-0.39, 0.29) is 0 Å². The molecule has 0 fully saturated rings. The molecule has 29 heavy (non-hydrogen) atoms. The van der Waals surface area contributed by atoms with Gasteiger partial charge in [0.1, 0.15) is 6.61 Å². The number of hydrogen-bond donors (Lipinski definition) is 2. The van der Waals surface area contributed by atoms with Gasteiger partial charge in [0.15, 0.2) is 11.5 Å². The number of carbonyl (C=O) groups is 1. The van der Waals surface area contributed by atoms with Crippen molar-refractivity contribution in [2.45, 2.75) is 20.1 Å². The maximum Gasteiger partial charge on any atom is 0.336 e. The topological polar surface area (TPSA) is 67.8 Å². The Kier molecular flexibility index (Phi) is 6.62. The lowest BCUT2D eigenvalue weighted by molar-refractivity contribution is 0.0696. The Balaban J connectivity index is 1.68. The van der Waals surface area contributed by atoms with E-state index in [1.807, 2.05) is 48.5 Å². The van der Waals surface area contributed by atoms with Gasteiger partial charge in [0.2, 0.25) is 0 Å². The molecule has 2 N–H and O–H groups in total. The van der Waals surface area contributed by atoms with Crippen LogP contribution in [-0.4, -0.2) is 18.2 Å². The molecule has 3 rings (SSSR count). The lowest BCUT2D eigenvalue weighted by atomic mass is 10.1. The van der Waals surface area contributed by atoms with Gasteiger partial charge in [-0.1, -0.05) is 35.9 Å². The SMILES string of the molecule is COc1cc(CNc2cccc(C(=O)O)c2C)ccc1OCc1ccc(Cl)cc1. The van der Waals surface area contributed by atoms with Gasteiger partial charge < -0.3 is 19.9 Å². The van der Waals surface area contributed by atoms with Crippen molar-refractivity contribution in [3.63, 3.8) is 0 Å². The maximum atomic E-state index is 11.3. The summed E-state index contributed by atoms with van der Waals surface area (Å²) in [7, 11) is 1.60. The first-order valence-corrected chi connectivity index (χ1v) is 9.46. The maximum absolute atomic E-state index is 11.3. The molecule has 0 aliphatic heterocycles. The Morgan fingerprint density at radius 1 is 1.03 bits per heavy atom. The van der Waals surface area contributed by atoms with Crippen LogP contribution in [0.1, 0.15) is 27.0 Å². The number of benzene rings is 3. The second-order valence-electron chi connectivity index (χ2n) is 6.54. The van der Waals surface area contributed by atoms with Crippen molar-refractivity contribution in [2.75, 3.05) is 12.4 Å². The Bertz CT molecular complexity index is 1000. The molecule has 0 heterocycles. The molecule has 3 aromatic rings. The molecule has 0 bridgehead atoms. The molecular formula is C23H22ClNO4. The molecular weight excluding hydrogens is 390 g/mol. The third-order valence-electron chi connectivity index (χ3n) is 4.58. The third kappa shape index (κ3) is 5.21. The fraction of sp³-hybridized carbons (Fsp3) is 0.174. The number of carboxylic acids is 1. The van der Waals surface area contributed by atoms with Gasteiger partial charge >= 0.3 is 5.97 Å². The first-order valence-electron chi connectivity index (χ1n) is 9.09. The van der Waals surface area contributed by atoms with Gasteiger partial charge in [-0.25, -0.2) is 4.79 Å². The summed E-state index contributed by atoms with van der Waals surface area (Å²) < 4.78 is 11.3. The molecule has 6 heteroatoms. The van der Waals surface area contributed by atoms with Crippen molar-refractivity contribution in [1.82, 2.24) is 0 Å². The van der Waals surface area contributed by atoms with Crippen LogP contribution in [0.25, 0.3) is 0 Å². The minimum Gasteiger partial charge on any atom is -0.493 e. The first kappa shape index (κ1) is 20.6. The van der Waals surface area contributed by atoms with E-state index in [1.54, 1.807) is 26.2 Å². The molecule has 3 aromatic carbocycles. The number of methoxy groups -OCH3 is 1. The Morgan fingerprint density at radius 3 is 2.45 bits per heavy atom. The molecule has 0 spiro atoms. The molecule has 0 aliphatic carbocycles. The van der Waals surface area contributed by atoms with Crippen LogP contribution in [-0.2, 0) is 13.2 Å². The van der Waals surface area contributed by atoms with Crippen LogP contribution < -0.4 is 14.8 Å². The van der Waals surface area contributed by atoms with Crippen molar-refractivity contribution < 1.29 is 19.4 Å². The standard InChI is InChI=1S/C23H22ClNO4/c1-15-19(23(26)27)4-3-5-20(15)25-13-17-8-11-21(22(12-17)28-2)29-14-16-6-9-18(24)10-7-16/h3-12,25H,13-14H2,1-2H3,(H,26,27). The minimum absolute atomic E-state index is 0.290. The predicted molar refractivity (Wildman–Crippen MR) is 114 cm³/mol. The molecule has 150 valence electrons. The molecule has 0 amide bonds. The molecule has 0 saturated carbocycles. The number of halogens is 1. The van der Waals surface area contributed by atoms with Crippen molar-refractivity contribution in [3.05, 3.63) is 87.9 Å². The molecule has 0 atom stereocenters. The van der Waals surface area contributed by atoms with Gasteiger partial charge in [0, 0.05) is 17.3 Å². The summed E-state index contributed by atoms with van der Waals surface area (Å²) >= 11 is 5.91. The summed E-state index contributed by atoms with van der Waals surface area (Å²) in [5.41, 5.74) is 3.78. The normalized spacial score (nSPS) is 10.4. The van der Waals surface area contributed by atoms with Crippen LogP contribution in [0.3, 0.4) is 0 Å². The summed E-state index contributed by atoms with van der Waals surface area (Å²) in [6, 6.07) is 18.4. The van der Waals surface area contributed by atoms with Crippen LogP contribution in [0, 0.1) is 6.92 Å². The lowest BCUT2D eigenvalue weighted by Crippen LogP contribution is -2.06. The number of nitrogens with one attached hydrogen (secondary N) is 1. The van der Waals surface area contributed by atoms with Crippen LogP contribution in [0.2, 0.25) is 5.02 Å². The number of carboxylic acid groups (broad SMARTS) is 1. The first-order chi connectivity index (χ1) is 14.0. The van der Waals surface area contributed by atoms with Crippen molar-refractivity contribution in [1.29, 1.82) is 0 Å². The summed E-state index contributed by atoms with van der Waals surface area (Å²) in [5.74, 6) is 0.347. The van der Waals surface area contributed by atoms with Crippen LogP contribution in [0.5, 0.6) is 11.5 Å². The second kappa shape index (κ2) is 9.34. The van der Waals surface area contributed by atoms with Gasteiger partial charge in [-0.3, -0.25) is 0 Å². The highest BCUT2D eigenvalue weighted by molar-refractivity contribution is 6.30. The van der Waals surface area contributed by atoms with E-state index < -0.39 is 5.97 Å². The highest BCUT2D eigenvalue weighted by atomic mass is 35.5. The highest BCUT2D eigenvalue weighted by Gasteiger charge is 2.11. The fourth-order valence-electron chi connectivity index (χ4n) is 2.94. The van der Waals surface area contributed by atoms with Crippen molar-refractivity contribution in [2.24, 2.45) is 0 Å². The van der Waals surface area contributed by atoms with Gasteiger partial charge in [0.25, 0.3) is 0 Å². The number of ether oxygens (including phenoxy) is 2. The smallest absolute Gasteiger partial charge is 0.336 e. The van der Waals surface area contributed by atoms with Crippen molar-refractivity contribution in [3.8, 4) is 11.5 Å². The van der Waals surface area contributed by atoms with E-state index >= 15 is 0 Å². The van der Waals surface area contributed by atoms with E-state index in [0.29, 0.717) is 40.8 Å². The van der Waals surface area contributed by atoms with Crippen LogP contribution in [0.4, 0.5) is 5.69 Å². The summed E-state index contributed by atoms with van der Waals surface area (Å²) in [6.07, 6.45) is 0. The Morgan fingerprint density at radius 2 is 1.76 bits per heavy atom. The number of anilines is 1. The number of aromatic carboxylic acids is 1. The monoisotopic (exact) mass is 411 g/mol. The zero-order valence-corrected chi connectivity index (χ0v) is 17.0. The predicted octanol–water partition coefficient (Wildman–Crippen LogP) is 5.55. The summed E-state index contributed by atoms with van der Waals surface area (Å²) in [4.78, 5) is 11.3. The van der Waals surface area contributed by atoms with Gasteiger partial charge in [-0.2, -0.15) is 0 Å². The fourth-order valence-corrected chi connectivity index (χ4v) is 3.07. The number of rotatable bonds is 8. The molecule has 0 radical (unpaired) electrons. The average molecular weight is 412 g/mol. The zero-order valence-electron chi connectivity index (χ0n) is 16.2. The van der Waals surface area contributed by atoms with Gasteiger partial charge in [-0.05, 0) is 60.0 Å². The molecule has 0 aromatic heterocycles. The largest absolute Gasteiger partial charge is 0.493 e. The third-order valence-corrected chi connectivity index (χ3v) is 4.83. The highest BCUT2D eigenvalue weighted by Crippen LogP contribution is 2.29. The molecule has 5 nitrogen and oxygen atoms in total. The van der Waals surface area contributed by atoms with E-state index in [1.165, 1.54) is 0 Å². The summed E-state index contributed by atoms with van der Waals surface area (Å²) in [5, 5.41) is 13.2. The van der Waals surface area contributed by atoms with E-state index in [0.717, 1.165) is 16.8 Å². The van der Waals surface area contributed by atoms with Gasteiger partial charge in [-0.15, -0.1) is 0 Å². The van der Waals surface area contributed by atoms with Gasteiger partial charge in [0.05, 0.1) is 12.7 Å². The zero-order chi connectivity index (χ0) is 20.8. The lowest BCUT2D eigenvalue weighted by Gasteiger charge is -2.14. The average Bonchev–Trinajstić information content (AvgIpc) is 2.72. The number of hydrogen-bond acceptors (Lipinski definition) is 4.